The summed E-state index contributed by atoms with van der Waals surface area (Å²) in [6.07, 6.45) is 5.07. The lowest BCUT2D eigenvalue weighted by molar-refractivity contribution is -0.149. The Hall–Kier alpha value is -2.41. The van der Waals surface area contributed by atoms with Crippen LogP contribution in [0.5, 0.6) is 0 Å². The molecule has 200 valence electrons. The Morgan fingerprint density at radius 2 is 1.68 bits per heavy atom. The second-order valence-corrected chi connectivity index (χ2v) is 11.8. The first-order valence-electron chi connectivity index (χ1n) is 13.5. The molecule has 2 aliphatic rings. The van der Waals surface area contributed by atoms with Gasteiger partial charge in [0, 0.05) is 24.2 Å². The molecule has 2 aromatic rings. The Labute approximate surface area is 225 Å². The maximum Gasteiger partial charge on any atom is 0.239 e. The van der Waals surface area contributed by atoms with Crippen molar-refractivity contribution in [1.82, 2.24) is 9.80 Å². The maximum absolute atomic E-state index is 13.7. The molecule has 0 radical (unpaired) electrons. The van der Waals surface area contributed by atoms with Gasteiger partial charge in [-0.1, -0.05) is 54.1 Å². The number of rotatable bonds is 8. The zero-order chi connectivity index (χ0) is 26.6. The van der Waals surface area contributed by atoms with E-state index in [-0.39, 0.29) is 30.5 Å². The predicted octanol–water partition coefficient (Wildman–Crippen LogP) is 4.38. The van der Waals surface area contributed by atoms with Gasteiger partial charge < -0.3 is 20.6 Å². The molecule has 0 spiro atoms. The van der Waals surface area contributed by atoms with Crippen molar-refractivity contribution in [3.63, 3.8) is 0 Å². The summed E-state index contributed by atoms with van der Waals surface area (Å²) in [6, 6.07) is 17.4. The SMILES string of the molecule is CC(C)(CO)C(=O)N(C1CCC(c2ccccc2)CC1)C1CCN(C(=O)C(N)Cc2ccc(Cl)cc2)C1. The van der Waals surface area contributed by atoms with Gasteiger partial charge in [0.25, 0.3) is 0 Å². The molecule has 2 aromatic carbocycles. The van der Waals surface area contributed by atoms with Crippen molar-refractivity contribution in [2.45, 2.75) is 76.4 Å². The zero-order valence-electron chi connectivity index (χ0n) is 22.0. The van der Waals surface area contributed by atoms with Gasteiger partial charge in [0.1, 0.15) is 0 Å². The first kappa shape index (κ1) is 27.6. The summed E-state index contributed by atoms with van der Waals surface area (Å²) in [5.74, 6) is 0.398. The molecule has 2 atom stereocenters. The molecule has 1 aliphatic carbocycles. The predicted molar refractivity (Wildman–Crippen MR) is 147 cm³/mol. The van der Waals surface area contributed by atoms with E-state index in [2.05, 4.69) is 24.3 Å². The molecule has 1 heterocycles. The standard InChI is InChI=1S/C30H40ClN3O3/c1-30(2,20-35)29(37)34(25-14-10-23(11-15-25)22-6-4-3-5-7-22)26-16-17-33(19-26)28(36)27(32)18-21-8-12-24(31)13-9-21/h3-9,12-13,23,25-27,35H,10-11,14-20,32H2,1-2H3. The van der Waals surface area contributed by atoms with Crippen LogP contribution >= 0.6 is 11.6 Å². The van der Waals surface area contributed by atoms with Crippen LogP contribution in [0.15, 0.2) is 54.6 Å². The fraction of sp³-hybridized carbons (Fsp3) is 0.533. The Morgan fingerprint density at radius 1 is 1.03 bits per heavy atom. The van der Waals surface area contributed by atoms with Crippen molar-refractivity contribution in [1.29, 1.82) is 0 Å². The van der Waals surface area contributed by atoms with E-state index in [4.69, 9.17) is 17.3 Å². The number of aliphatic hydroxyl groups excluding tert-OH is 1. The van der Waals surface area contributed by atoms with Gasteiger partial charge in [0.05, 0.1) is 24.1 Å². The maximum atomic E-state index is 13.7. The first-order chi connectivity index (χ1) is 17.7. The van der Waals surface area contributed by atoms with Crippen LogP contribution in [-0.4, -0.2) is 64.5 Å². The third kappa shape index (κ3) is 6.54. The van der Waals surface area contributed by atoms with Crippen molar-refractivity contribution in [3.05, 3.63) is 70.7 Å². The number of nitrogens with two attached hydrogens (primary N) is 1. The lowest BCUT2D eigenvalue weighted by Gasteiger charge is -2.43. The molecule has 0 aromatic heterocycles. The highest BCUT2D eigenvalue weighted by atomic mass is 35.5. The molecule has 2 amide bonds. The summed E-state index contributed by atoms with van der Waals surface area (Å²) in [5.41, 5.74) is 7.79. The number of carbonyl (C=O) groups excluding carboxylic acids is 2. The third-order valence-corrected chi connectivity index (χ3v) is 8.38. The van der Waals surface area contributed by atoms with Gasteiger partial charge >= 0.3 is 0 Å². The Morgan fingerprint density at radius 3 is 2.30 bits per heavy atom. The van der Waals surface area contributed by atoms with Crippen molar-refractivity contribution >= 4 is 23.4 Å². The number of halogens is 1. The van der Waals surface area contributed by atoms with Gasteiger partial charge in [0.2, 0.25) is 11.8 Å². The summed E-state index contributed by atoms with van der Waals surface area (Å²) in [7, 11) is 0. The van der Waals surface area contributed by atoms with Crippen LogP contribution in [0.1, 0.15) is 63.0 Å². The van der Waals surface area contributed by atoms with E-state index in [1.165, 1.54) is 5.56 Å². The second kappa shape index (κ2) is 12.0. The molecule has 1 aliphatic heterocycles. The summed E-state index contributed by atoms with van der Waals surface area (Å²) in [4.78, 5) is 30.8. The largest absolute Gasteiger partial charge is 0.395 e. The van der Waals surface area contributed by atoms with E-state index in [9.17, 15) is 14.7 Å². The highest BCUT2D eigenvalue weighted by Gasteiger charge is 2.43. The van der Waals surface area contributed by atoms with Crippen molar-refractivity contribution in [2.24, 2.45) is 11.1 Å². The number of likely N-dealkylation sites (tertiary alicyclic amines) is 1. The number of nitrogens with zero attached hydrogens (tertiary/aromatic N) is 2. The fourth-order valence-corrected chi connectivity index (χ4v) is 5.95. The van der Waals surface area contributed by atoms with Gasteiger partial charge in [-0.05, 0) is 81.5 Å². The smallest absolute Gasteiger partial charge is 0.239 e. The molecule has 3 N–H and O–H groups in total. The highest BCUT2D eigenvalue weighted by Crippen LogP contribution is 2.38. The minimum absolute atomic E-state index is 0.0251. The van der Waals surface area contributed by atoms with Gasteiger partial charge in [-0.2, -0.15) is 0 Å². The average Bonchev–Trinajstić information content (AvgIpc) is 3.40. The van der Waals surface area contributed by atoms with Gasteiger partial charge in [-0.15, -0.1) is 0 Å². The molecular formula is C30H40ClN3O3. The van der Waals surface area contributed by atoms with Crippen LogP contribution in [0.2, 0.25) is 5.02 Å². The molecule has 6 nitrogen and oxygen atoms in total. The van der Waals surface area contributed by atoms with E-state index < -0.39 is 11.5 Å². The van der Waals surface area contributed by atoms with Crippen molar-refractivity contribution in [2.75, 3.05) is 19.7 Å². The molecular weight excluding hydrogens is 486 g/mol. The normalized spacial score (nSPS) is 23.1. The Bertz CT molecular complexity index is 1050. The third-order valence-electron chi connectivity index (χ3n) is 8.12. The Kier molecular flexibility index (Phi) is 8.94. The summed E-state index contributed by atoms with van der Waals surface area (Å²) in [5, 5.41) is 10.6. The van der Waals surface area contributed by atoms with Crippen molar-refractivity contribution in [3.8, 4) is 0 Å². The van der Waals surface area contributed by atoms with Gasteiger partial charge in [-0.3, -0.25) is 9.59 Å². The molecule has 0 bridgehead atoms. The number of hydrogen-bond donors (Lipinski definition) is 2. The van der Waals surface area contributed by atoms with Crippen LogP contribution in [0.4, 0.5) is 0 Å². The highest BCUT2D eigenvalue weighted by molar-refractivity contribution is 6.30. The monoisotopic (exact) mass is 525 g/mol. The molecule has 1 saturated heterocycles. The lowest BCUT2D eigenvalue weighted by atomic mass is 9.80. The summed E-state index contributed by atoms with van der Waals surface area (Å²) < 4.78 is 0. The van der Waals surface area contributed by atoms with Crippen LogP contribution in [0, 0.1) is 5.41 Å². The van der Waals surface area contributed by atoms with E-state index in [0.29, 0.717) is 30.5 Å². The van der Waals surface area contributed by atoms with Crippen LogP contribution in [0.25, 0.3) is 0 Å². The minimum Gasteiger partial charge on any atom is -0.395 e. The van der Waals surface area contributed by atoms with E-state index in [1.54, 1.807) is 26.0 Å². The Balaban J connectivity index is 1.43. The number of amides is 2. The fourth-order valence-electron chi connectivity index (χ4n) is 5.82. The molecule has 7 heteroatoms. The zero-order valence-corrected chi connectivity index (χ0v) is 22.7. The summed E-state index contributed by atoms with van der Waals surface area (Å²) >= 11 is 5.98. The van der Waals surface area contributed by atoms with Gasteiger partial charge in [0.15, 0.2) is 0 Å². The second-order valence-electron chi connectivity index (χ2n) is 11.3. The number of hydrogen-bond acceptors (Lipinski definition) is 4. The lowest BCUT2D eigenvalue weighted by Crippen LogP contribution is -2.55. The van der Waals surface area contributed by atoms with Crippen molar-refractivity contribution < 1.29 is 14.7 Å². The molecule has 2 unspecified atom stereocenters. The number of benzene rings is 2. The number of aliphatic hydroxyl groups is 1. The molecule has 37 heavy (non-hydrogen) atoms. The van der Waals surface area contributed by atoms with Crippen LogP contribution in [-0.2, 0) is 16.0 Å². The van der Waals surface area contributed by atoms with Crippen LogP contribution in [0.3, 0.4) is 0 Å². The van der Waals surface area contributed by atoms with E-state index in [0.717, 1.165) is 37.7 Å². The first-order valence-corrected chi connectivity index (χ1v) is 13.8. The molecule has 1 saturated carbocycles. The average molecular weight is 526 g/mol. The topological polar surface area (TPSA) is 86.9 Å². The van der Waals surface area contributed by atoms with Gasteiger partial charge in [-0.25, -0.2) is 0 Å². The minimum atomic E-state index is -0.862. The summed E-state index contributed by atoms with van der Waals surface area (Å²) in [6.45, 7) is 4.47. The number of carbonyl (C=O) groups is 2. The quantitative estimate of drug-likeness (QED) is 0.535. The van der Waals surface area contributed by atoms with E-state index in [1.807, 2.05) is 28.0 Å². The molecule has 4 rings (SSSR count). The molecule has 2 fully saturated rings. The van der Waals surface area contributed by atoms with E-state index >= 15 is 0 Å². The van der Waals surface area contributed by atoms with Crippen LogP contribution < -0.4 is 5.73 Å².